The van der Waals surface area contributed by atoms with Gasteiger partial charge in [0.2, 0.25) is 0 Å². The van der Waals surface area contributed by atoms with Crippen molar-refractivity contribution in [1.29, 1.82) is 10.5 Å². The zero-order chi connectivity index (χ0) is 12.7. The van der Waals surface area contributed by atoms with E-state index in [2.05, 4.69) is 12.1 Å². The maximum absolute atomic E-state index is 8.80. The molecule has 0 spiro atoms. The van der Waals surface area contributed by atoms with Crippen LogP contribution in [-0.4, -0.2) is 60.8 Å². The summed E-state index contributed by atoms with van der Waals surface area (Å²) in [6.45, 7) is 4.48. The molecule has 7 heteroatoms. The van der Waals surface area contributed by atoms with Crippen LogP contribution in [0.4, 0.5) is 0 Å². The molecule has 1 aliphatic rings. The molecule has 0 saturated carbocycles. The van der Waals surface area contributed by atoms with Crippen LogP contribution < -0.4 is 5.73 Å². The molecule has 0 aromatic heterocycles. The minimum atomic E-state index is -0.278. The summed E-state index contributed by atoms with van der Waals surface area (Å²) in [5.41, 5.74) is 5.67. The van der Waals surface area contributed by atoms with E-state index >= 15 is 0 Å². The smallest absolute Gasteiger partial charge is 0.172 e. The van der Waals surface area contributed by atoms with Crippen LogP contribution in [0, 0.1) is 22.7 Å². The molecule has 0 bridgehead atoms. The molecule has 1 unspecified atom stereocenters. The fourth-order valence-electron chi connectivity index (χ4n) is 1.86. The van der Waals surface area contributed by atoms with E-state index in [1.54, 1.807) is 0 Å². The van der Waals surface area contributed by atoms with Gasteiger partial charge in [0, 0.05) is 6.61 Å². The first-order chi connectivity index (χ1) is 8.26. The lowest BCUT2D eigenvalue weighted by atomic mass is 10.4. The molecular formula is C10H18N6O. The average Bonchev–Trinajstić information content (AvgIpc) is 2.33. The topological polar surface area (TPSA) is 92.6 Å². The quantitative estimate of drug-likeness (QED) is 0.621. The first kappa shape index (κ1) is 13.8. The summed E-state index contributed by atoms with van der Waals surface area (Å²) >= 11 is 0. The SMILES string of the molecule is CCOC1N(CN)CN(CC#N)CN1CC#N. The molecule has 1 aliphatic heterocycles. The summed E-state index contributed by atoms with van der Waals surface area (Å²) < 4.78 is 5.59. The summed E-state index contributed by atoms with van der Waals surface area (Å²) in [7, 11) is 0. The van der Waals surface area contributed by atoms with Gasteiger partial charge < -0.3 is 10.5 Å². The van der Waals surface area contributed by atoms with Gasteiger partial charge in [0.15, 0.2) is 6.35 Å². The number of nitrogens with two attached hydrogens (primary N) is 1. The summed E-state index contributed by atoms with van der Waals surface area (Å²) in [6.07, 6.45) is -0.278. The van der Waals surface area contributed by atoms with Crippen LogP contribution in [-0.2, 0) is 4.74 Å². The van der Waals surface area contributed by atoms with Crippen molar-refractivity contribution < 1.29 is 4.74 Å². The highest BCUT2D eigenvalue weighted by Crippen LogP contribution is 2.14. The van der Waals surface area contributed by atoms with Gasteiger partial charge in [-0.25, -0.2) is 9.80 Å². The van der Waals surface area contributed by atoms with Gasteiger partial charge >= 0.3 is 0 Å². The number of ether oxygens (including phenoxy) is 1. The lowest BCUT2D eigenvalue weighted by Gasteiger charge is -2.45. The Morgan fingerprint density at radius 2 is 1.88 bits per heavy atom. The van der Waals surface area contributed by atoms with Gasteiger partial charge in [0.05, 0.1) is 45.2 Å². The van der Waals surface area contributed by atoms with Gasteiger partial charge in [0.25, 0.3) is 0 Å². The Morgan fingerprint density at radius 3 is 2.41 bits per heavy atom. The van der Waals surface area contributed by atoms with E-state index in [9.17, 15) is 0 Å². The van der Waals surface area contributed by atoms with Gasteiger partial charge in [0.1, 0.15) is 0 Å². The number of nitrogens with zero attached hydrogens (tertiary/aromatic N) is 5. The van der Waals surface area contributed by atoms with Crippen molar-refractivity contribution in [3.05, 3.63) is 0 Å². The monoisotopic (exact) mass is 238 g/mol. The van der Waals surface area contributed by atoms with Crippen LogP contribution in [0.15, 0.2) is 0 Å². The van der Waals surface area contributed by atoms with Gasteiger partial charge in [-0.2, -0.15) is 10.5 Å². The third-order valence-corrected chi connectivity index (χ3v) is 2.51. The molecule has 7 nitrogen and oxygen atoms in total. The summed E-state index contributed by atoms with van der Waals surface area (Å²) in [6, 6.07) is 4.20. The normalized spacial score (nSPS) is 23.2. The number of hydrogen-bond acceptors (Lipinski definition) is 7. The Kier molecular flexibility index (Phi) is 5.84. The summed E-state index contributed by atoms with van der Waals surface area (Å²) in [4.78, 5) is 5.67. The molecule has 1 heterocycles. The van der Waals surface area contributed by atoms with E-state index in [1.165, 1.54) is 0 Å². The highest BCUT2D eigenvalue weighted by atomic mass is 16.5. The minimum Gasteiger partial charge on any atom is -0.350 e. The predicted molar refractivity (Wildman–Crippen MR) is 60.7 cm³/mol. The van der Waals surface area contributed by atoms with Crippen molar-refractivity contribution in [1.82, 2.24) is 14.7 Å². The first-order valence-corrected chi connectivity index (χ1v) is 5.52. The average molecular weight is 238 g/mol. The molecule has 17 heavy (non-hydrogen) atoms. The summed E-state index contributed by atoms with van der Waals surface area (Å²) in [5.74, 6) is 0. The second kappa shape index (κ2) is 7.17. The molecule has 1 atom stereocenters. The highest BCUT2D eigenvalue weighted by Gasteiger charge is 2.32. The Hall–Kier alpha value is -1.22. The third kappa shape index (κ3) is 3.63. The molecule has 1 fully saturated rings. The van der Waals surface area contributed by atoms with E-state index in [1.807, 2.05) is 21.6 Å². The largest absolute Gasteiger partial charge is 0.350 e. The first-order valence-electron chi connectivity index (χ1n) is 5.52. The van der Waals surface area contributed by atoms with E-state index < -0.39 is 0 Å². The maximum Gasteiger partial charge on any atom is 0.172 e. The van der Waals surface area contributed by atoms with Crippen LogP contribution in [0.2, 0.25) is 0 Å². The van der Waals surface area contributed by atoms with Gasteiger partial charge in [-0.15, -0.1) is 0 Å². The number of nitriles is 2. The Bertz CT molecular complexity index is 309. The second-order valence-electron chi connectivity index (χ2n) is 3.73. The molecule has 0 aromatic rings. The number of hydrogen-bond donors (Lipinski definition) is 1. The number of rotatable bonds is 5. The van der Waals surface area contributed by atoms with Crippen molar-refractivity contribution in [2.75, 3.05) is 39.7 Å². The van der Waals surface area contributed by atoms with Gasteiger partial charge in [-0.05, 0) is 6.92 Å². The molecule has 94 valence electrons. The molecule has 0 radical (unpaired) electrons. The Labute approximate surface area is 102 Å². The molecule has 1 rings (SSSR count). The van der Waals surface area contributed by atoms with Crippen LogP contribution in [0.25, 0.3) is 0 Å². The lowest BCUT2D eigenvalue weighted by molar-refractivity contribution is -0.203. The van der Waals surface area contributed by atoms with Crippen LogP contribution in [0.1, 0.15) is 6.92 Å². The highest BCUT2D eigenvalue weighted by molar-refractivity contribution is 4.85. The van der Waals surface area contributed by atoms with Crippen molar-refractivity contribution in [3.8, 4) is 12.1 Å². The summed E-state index contributed by atoms with van der Waals surface area (Å²) in [5, 5.41) is 17.5. The van der Waals surface area contributed by atoms with E-state index in [4.69, 9.17) is 21.0 Å². The molecule has 2 N–H and O–H groups in total. The second-order valence-corrected chi connectivity index (χ2v) is 3.73. The molecular weight excluding hydrogens is 220 g/mol. The van der Waals surface area contributed by atoms with Gasteiger partial charge in [-0.1, -0.05) is 0 Å². The van der Waals surface area contributed by atoms with E-state index in [-0.39, 0.29) is 12.9 Å². The Balaban J connectivity index is 2.73. The maximum atomic E-state index is 8.80. The zero-order valence-electron chi connectivity index (χ0n) is 10.0. The van der Waals surface area contributed by atoms with Crippen molar-refractivity contribution in [3.63, 3.8) is 0 Å². The fraction of sp³-hybridized carbons (Fsp3) is 0.800. The molecule has 1 saturated heterocycles. The standard InChI is InChI=1S/C10H18N6O/c1-2-17-10-15(6-4-12)8-14(5-3-11)9-16(10)7-13/h10H,2,5-9,13H2,1H3. The van der Waals surface area contributed by atoms with E-state index in [0.29, 0.717) is 33.2 Å². The van der Waals surface area contributed by atoms with Crippen molar-refractivity contribution in [2.45, 2.75) is 13.3 Å². The Morgan fingerprint density at radius 1 is 1.24 bits per heavy atom. The van der Waals surface area contributed by atoms with Crippen molar-refractivity contribution in [2.24, 2.45) is 5.73 Å². The van der Waals surface area contributed by atoms with Crippen LogP contribution in [0.5, 0.6) is 0 Å². The van der Waals surface area contributed by atoms with Crippen LogP contribution in [0.3, 0.4) is 0 Å². The molecule has 0 amide bonds. The third-order valence-electron chi connectivity index (χ3n) is 2.51. The van der Waals surface area contributed by atoms with Gasteiger partial charge in [-0.3, -0.25) is 4.90 Å². The molecule has 0 aromatic carbocycles. The van der Waals surface area contributed by atoms with Crippen LogP contribution >= 0.6 is 0 Å². The lowest BCUT2D eigenvalue weighted by Crippen LogP contribution is -2.63. The van der Waals surface area contributed by atoms with Crippen molar-refractivity contribution >= 4 is 0 Å². The predicted octanol–water partition coefficient (Wildman–Crippen LogP) is -0.896. The minimum absolute atomic E-state index is 0.253. The fourth-order valence-corrected chi connectivity index (χ4v) is 1.86. The zero-order valence-corrected chi connectivity index (χ0v) is 10.0. The molecule has 0 aliphatic carbocycles. The van der Waals surface area contributed by atoms with E-state index in [0.717, 1.165) is 0 Å².